The lowest BCUT2D eigenvalue weighted by atomic mass is 10.2. The van der Waals surface area contributed by atoms with Gasteiger partial charge in [-0.1, -0.05) is 31.6 Å². The summed E-state index contributed by atoms with van der Waals surface area (Å²) in [7, 11) is 0. The number of hydrogen-bond donors (Lipinski definition) is 1. The van der Waals surface area contributed by atoms with Crippen LogP contribution in [0.25, 0.3) is 0 Å². The van der Waals surface area contributed by atoms with E-state index in [1.54, 1.807) is 0 Å². The third-order valence-electron chi connectivity index (χ3n) is 1.03. The van der Waals surface area contributed by atoms with Gasteiger partial charge in [0.25, 0.3) is 0 Å². The van der Waals surface area contributed by atoms with Gasteiger partial charge < -0.3 is 5.11 Å². The van der Waals surface area contributed by atoms with Crippen LogP contribution in [0.3, 0.4) is 0 Å². The largest absolute Gasteiger partial charge is 0.478 e. The Bertz CT molecular complexity index is 157. The zero-order valence-corrected chi connectivity index (χ0v) is 6.13. The van der Waals surface area contributed by atoms with Crippen LogP contribution in [-0.4, -0.2) is 11.1 Å². The molecule has 2 nitrogen and oxygen atoms in total. The summed E-state index contributed by atoms with van der Waals surface area (Å²) < 4.78 is 0. The van der Waals surface area contributed by atoms with Crippen LogP contribution in [0.5, 0.6) is 0 Å². The molecule has 0 saturated carbocycles. The molecule has 0 aliphatic rings. The molecule has 0 spiro atoms. The molecule has 56 valence electrons. The van der Waals surface area contributed by atoms with Gasteiger partial charge in [-0.3, -0.25) is 0 Å². The Morgan fingerprint density at radius 2 is 2.20 bits per heavy atom. The first-order valence-electron chi connectivity index (χ1n) is 3.25. The number of carbonyl (C=O) groups is 1. The second kappa shape index (κ2) is 4.79. The minimum absolute atomic E-state index is 0.865. The van der Waals surface area contributed by atoms with Crippen molar-refractivity contribution in [3.8, 4) is 0 Å². The van der Waals surface area contributed by atoms with Crippen molar-refractivity contribution >= 4 is 5.97 Å². The fraction of sp³-hybridized carbons (Fsp3) is 0.375. The minimum Gasteiger partial charge on any atom is -0.478 e. The number of allylic oxidation sites excluding steroid dienone is 2. The molecule has 0 unspecified atom stereocenters. The van der Waals surface area contributed by atoms with E-state index in [1.165, 1.54) is 6.08 Å². The van der Waals surface area contributed by atoms with E-state index in [0.29, 0.717) is 0 Å². The minimum atomic E-state index is -0.919. The molecule has 0 atom stereocenters. The maximum Gasteiger partial charge on any atom is 0.328 e. The molecule has 1 N–H and O–H groups in total. The molecule has 0 rings (SSSR count). The number of rotatable bonds is 4. The normalized spacial score (nSPS) is 10.1. The molecule has 0 saturated heterocycles. The van der Waals surface area contributed by atoms with Crippen LogP contribution in [0.15, 0.2) is 24.3 Å². The van der Waals surface area contributed by atoms with Gasteiger partial charge in [-0.05, 0) is 6.42 Å². The van der Waals surface area contributed by atoms with Gasteiger partial charge in [0, 0.05) is 6.08 Å². The average molecular weight is 140 g/mol. The summed E-state index contributed by atoms with van der Waals surface area (Å²) in [6.07, 6.45) is 4.51. The second-order valence-corrected chi connectivity index (χ2v) is 2.08. The van der Waals surface area contributed by atoms with Crippen LogP contribution in [0.1, 0.15) is 19.8 Å². The smallest absolute Gasteiger partial charge is 0.328 e. The van der Waals surface area contributed by atoms with Gasteiger partial charge >= 0.3 is 5.97 Å². The third kappa shape index (κ3) is 5.09. The Balaban J connectivity index is 3.67. The van der Waals surface area contributed by atoms with Crippen molar-refractivity contribution in [2.45, 2.75) is 19.8 Å². The highest BCUT2D eigenvalue weighted by atomic mass is 16.4. The maximum atomic E-state index is 9.98. The van der Waals surface area contributed by atoms with Crippen molar-refractivity contribution in [3.05, 3.63) is 24.3 Å². The van der Waals surface area contributed by atoms with Crippen molar-refractivity contribution in [2.75, 3.05) is 0 Å². The summed E-state index contributed by atoms with van der Waals surface area (Å²) >= 11 is 0. The highest BCUT2D eigenvalue weighted by Crippen LogP contribution is 2.01. The first kappa shape index (κ1) is 8.95. The van der Waals surface area contributed by atoms with Gasteiger partial charge in [0.15, 0.2) is 0 Å². The molecule has 0 heterocycles. The summed E-state index contributed by atoms with van der Waals surface area (Å²) in [5.74, 6) is -0.919. The van der Waals surface area contributed by atoms with E-state index in [1.807, 2.05) is 6.92 Å². The maximum absolute atomic E-state index is 9.98. The van der Waals surface area contributed by atoms with E-state index in [-0.39, 0.29) is 0 Å². The van der Waals surface area contributed by atoms with Gasteiger partial charge in [-0.25, -0.2) is 4.79 Å². The molecular weight excluding hydrogens is 128 g/mol. The molecule has 0 aromatic carbocycles. The van der Waals surface area contributed by atoms with Crippen molar-refractivity contribution in [1.29, 1.82) is 0 Å². The Hall–Kier alpha value is -1.05. The summed E-state index contributed by atoms with van der Waals surface area (Å²) in [6, 6.07) is 0. The molecule has 0 bridgehead atoms. The summed E-state index contributed by atoms with van der Waals surface area (Å²) in [5.41, 5.74) is 0.866. The molecule has 0 aromatic rings. The van der Waals surface area contributed by atoms with Crippen LogP contribution < -0.4 is 0 Å². The van der Waals surface area contributed by atoms with E-state index in [4.69, 9.17) is 5.11 Å². The summed E-state index contributed by atoms with van der Waals surface area (Å²) in [4.78, 5) is 9.98. The zero-order chi connectivity index (χ0) is 7.98. The fourth-order valence-corrected chi connectivity index (χ4v) is 0.594. The SMILES string of the molecule is C=C(C=CC(=O)O)CCC. The van der Waals surface area contributed by atoms with Crippen LogP contribution in [0.2, 0.25) is 0 Å². The molecule has 0 fully saturated rings. The van der Waals surface area contributed by atoms with Crippen LogP contribution in [0.4, 0.5) is 0 Å². The van der Waals surface area contributed by atoms with E-state index >= 15 is 0 Å². The lowest BCUT2D eigenvalue weighted by Gasteiger charge is -1.91. The van der Waals surface area contributed by atoms with Crippen LogP contribution in [-0.2, 0) is 4.79 Å². The quantitative estimate of drug-likeness (QED) is 0.479. The Morgan fingerprint density at radius 1 is 1.60 bits per heavy atom. The standard InChI is InChI=1S/C8H12O2/c1-3-4-7(2)5-6-8(9)10/h5-6H,2-4H2,1H3,(H,9,10). The van der Waals surface area contributed by atoms with Gasteiger partial charge in [0.05, 0.1) is 0 Å². The number of carboxylic acid groups (broad SMARTS) is 1. The lowest BCUT2D eigenvalue weighted by Crippen LogP contribution is -1.86. The summed E-state index contributed by atoms with van der Waals surface area (Å²) in [5, 5.41) is 8.20. The number of carboxylic acids is 1. The molecule has 10 heavy (non-hydrogen) atoms. The van der Waals surface area contributed by atoms with E-state index < -0.39 is 5.97 Å². The predicted molar refractivity (Wildman–Crippen MR) is 40.8 cm³/mol. The fourth-order valence-electron chi connectivity index (χ4n) is 0.594. The van der Waals surface area contributed by atoms with Crippen molar-refractivity contribution in [3.63, 3.8) is 0 Å². The monoisotopic (exact) mass is 140 g/mol. The predicted octanol–water partition coefficient (Wildman–Crippen LogP) is 1.98. The molecule has 0 radical (unpaired) electrons. The lowest BCUT2D eigenvalue weighted by molar-refractivity contribution is -0.131. The second-order valence-electron chi connectivity index (χ2n) is 2.08. The molecule has 2 heteroatoms. The first-order chi connectivity index (χ1) is 4.66. The van der Waals surface area contributed by atoms with E-state index in [9.17, 15) is 4.79 Å². The Kier molecular flexibility index (Phi) is 4.29. The van der Waals surface area contributed by atoms with Crippen LogP contribution >= 0.6 is 0 Å². The Labute approximate surface area is 60.9 Å². The molecular formula is C8H12O2. The number of aliphatic carboxylic acids is 1. The van der Waals surface area contributed by atoms with E-state index in [2.05, 4.69) is 6.58 Å². The van der Waals surface area contributed by atoms with Crippen molar-refractivity contribution in [1.82, 2.24) is 0 Å². The Morgan fingerprint density at radius 3 is 2.60 bits per heavy atom. The van der Waals surface area contributed by atoms with Gasteiger partial charge in [0.2, 0.25) is 0 Å². The highest BCUT2D eigenvalue weighted by Gasteiger charge is 1.87. The third-order valence-corrected chi connectivity index (χ3v) is 1.03. The molecule has 0 amide bonds. The van der Waals surface area contributed by atoms with Gasteiger partial charge in [0.1, 0.15) is 0 Å². The highest BCUT2D eigenvalue weighted by molar-refractivity contribution is 5.80. The van der Waals surface area contributed by atoms with Crippen molar-refractivity contribution in [2.24, 2.45) is 0 Å². The molecule has 0 aliphatic heterocycles. The molecule has 0 aliphatic carbocycles. The first-order valence-corrected chi connectivity index (χ1v) is 3.25. The molecule has 0 aromatic heterocycles. The van der Waals surface area contributed by atoms with Gasteiger partial charge in [-0.2, -0.15) is 0 Å². The summed E-state index contributed by atoms with van der Waals surface area (Å²) in [6.45, 7) is 5.69. The average Bonchev–Trinajstić information content (AvgIpc) is 1.85. The zero-order valence-electron chi connectivity index (χ0n) is 6.13. The van der Waals surface area contributed by atoms with Crippen LogP contribution in [0, 0.1) is 0 Å². The van der Waals surface area contributed by atoms with Crippen molar-refractivity contribution < 1.29 is 9.90 Å². The topological polar surface area (TPSA) is 37.3 Å². The number of hydrogen-bond acceptors (Lipinski definition) is 1. The van der Waals surface area contributed by atoms with Gasteiger partial charge in [-0.15, -0.1) is 0 Å². The van der Waals surface area contributed by atoms with E-state index in [0.717, 1.165) is 24.5 Å².